The van der Waals surface area contributed by atoms with Gasteiger partial charge >= 0.3 is 12.2 Å². The summed E-state index contributed by atoms with van der Waals surface area (Å²) >= 11 is 0. The van der Waals surface area contributed by atoms with Crippen LogP contribution in [0.5, 0.6) is 0 Å². The topological polar surface area (TPSA) is 109 Å². The van der Waals surface area contributed by atoms with Crippen molar-refractivity contribution < 1.29 is 28.7 Å². The van der Waals surface area contributed by atoms with E-state index in [4.69, 9.17) is 14.5 Å². The number of carbonyl (C=O) groups is 4. The van der Waals surface area contributed by atoms with Crippen molar-refractivity contribution in [1.82, 2.24) is 9.80 Å². The van der Waals surface area contributed by atoms with E-state index in [0.29, 0.717) is 49.7 Å². The van der Waals surface area contributed by atoms with Crippen molar-refractivity contribution in [2.24, 2.45) is 28.7 Å². The maximum absolute atomic E-state index is 14.7. The van der Waals surface area contributed by atoms with Crippen molar-refractivity contribution in [2.75, 3.05) is 24.5 Å². The van der Waals surface area contributed by atoms with Crippen molar-refractivity contribution >= 4 is 35.6 Å². The first-order valence-electron chi connectivity index (χ1n) is 16.8. The summed E-state index contributed by atoms with van der Waals surface area (Å²) in [6, 6.07) is 18.7. The molecule has 0 unspecified atom stereocenters. The molecule has 4 atom stereocenters. The molecule has 3 aliphatic heterocycles. The lowest BCUT2D eigenvalue weighted by atomic mass is 9.59. The molecule has 5 aliphatic rings. The number of carbonyl (C=O) groups excluding carboxylic acids is 4. The Balaban J connectivity index is 1.47. The van der Waals surface area contributed by atoms with Crippen LogP contribution in [0.2, 0.25) is 0 Å². The molecule has 47 heavy (non-hydrogen) atoms. The lowest BCUT2D eigenvalue weighted by Gasteiger charge is -2.51. The number of amides is 4. The van der Waals surface area contributed by atoms with E-state index < -0.39 is 35.5 Å². The molecule has 2 saturated heterocycles. The van der Waals surface area contributed by atoms with Gasteiger partial charge in [0.2, 0.25) is 23.6 Å². The second-order valence-electron chi connectivity index (χ2n) is 12.9. The van der Waals surface area contributed by atoms with E-state index in [1.54, 1.807) is 29.2 Å². The van der Waals surface area contributed by atoms with E-state index >= 15 is 0 Å². The fourth-order valence-electron chi connectivity index (χ4n) is 7.86. The molecule has 0 N–H and O–H groups in total. The number of hydrogen-bond donors (Lipinski definition) is 0. The SMILES string of the molecule is CCC1=C(OC(=O)N(CC)CC)N2C(=O)OC(=NCC3CC3)[C@]2(Cc2ccccc2)[C@H]2C1=CC[C@H]1C(=O)N(c3ccccc3)C(=O)[C@H]12. The number of anilines is 1. The third-order valence-corrected chi connectivity index (χ3v) is 10.3. The van der Waals surface area contributed by atoms with Crippen molar-refractivity contribution in [3.63, 3.8) is 0 Å². The predicted octanol–water partition coefficient (Wildman–Crippen LogP) is 6.09. The highest BCUT2D eigenvalue weighted by molar-refractivity contribution is 6.23. The van der Waals surface area contributed by atoms with Gasteiger partial charge in [-0.25, -0.2) is 14.5 Å². The minimum absolute atomic E-state index is 0.111. The molecule has 10 nitrogen and oxygen atoms in total. The molecular formula is C37H40N4O6. The molecule has 2 aliphatic carbocycles. The lowest BCUT2D eigenvalue weighted by molar-refractivity contribution is -0.123. The van der Waals surface area contributed by atoms with E-state index in [2.05, 4.69) is 0 Å². The highest BCUT2D eigenvalue weighted by Crippen LogP contribution is 2.58. The van der Waals surface area contributed by atoms with Crippen LogP contribution in [0.15, 0.2) is 88.8 Å². The van der Waals surface area contributed by atoms with Gasteiger partial charge in [-0.05, 0) is 68.7 Å². The third kappa shape index (κ3) is 4.96. The van der Waals surface area contributed by atoms with Gasteiger partial charge in [0.1, 0.15) is 5.54 Å². The molecule has 2 aromatic rings. The van der Waals surface area contributed by atoms with Crippen LogP contribution >= 0.6 is 0 Å². The van der Waals surface area contributed by atoms with Crippen LogP contribution in [0.1, 0.15) is 52.0 Å². The van der Waals surface area contributed by atoms with Crippen LogP contribution in [-0.2, 0) is 25.5 Å². The number of ether oxygens (including phenoxy) is 2. The molecule has 3 fully saturated rings. The summed E-state index contributed by atoms with van der Waals surface area (Å²) in [6.07, 6.45) is 3.83. The summed E-state index contributed by atoms with van der Waals surface area (Å²) in [5.74, 6) is -1.96. The Morgan fingerprint density at radius 3 is 2.30 bits per heavy atom. The number of benzene rings is 2. The summed E-state index contributed by atoms with van der Waals surface area (Å²) in [4.78, 5) is 65.8. The number of para-hydroxylation sites is 1. The molecule has 1 saturated carbocycles. The Hall–Kier alpha value is -4.73. The summed E-state index contributed by atoms with van der Waals surface area (Å²) in [5.41, 5.74) is 1.50. The lowest BCUT2D eigenvalue weighted by Crippen LogP contribution is -2.63. The summed E-state index contributed by atoms with van der Waals surface area (Å²) < 4.78 is 12.3. The molecule has 244 valence electrons. The van der Waals surface area contributed by atoms with Gasteiger partial charge in [0.05, 0.1) is 17.5 Å². The monoisotopic (exact) mass is 636 g/mol. The van der Waals surface area contributed by atoms with E-state index in [-0.39, 0.29) is 30.0 Å². The highest BCUT2D eigenvalue weighted by atomic mass is 16.6. The maximum atomic E-state index is 14.7. The van der Waals surface area contributed by atoms with E-state index in [1.165, 1.54) is 9.80 Å². The van der Waals surface area contributed by atoms with Gasteiger partial charge in [-0.15, -0.1) is 0 Å². The van der Waals surface area contributed by atoms with Crippen LogP contribution in [-0.4, -0.2) is 64.9 Å². The molecule has 10 heteroatoms. The Morgan fingerprint density at radius 2 is 1.66 bits per heavy atom. The second kappa shape index (κ2) is 12.1. The summed E-state index contributed by atoms with van der Waals surface area (Å²) in [6.45, 7) is 7.02. The van der Waals surface area contributed by atoms with Crippen molar-refractivity contribution in [1.29, 1.82) is 0 Å². The van der Waals surface area contributed by atoms with Crippen LogP contribution in [0.25, 0.3) is 0 Å². The van der Waals surface area contributed by atoms with Crippen LogP contribution in [0.4, 0.5) is 15.3 Å². The van der Waals surface area contributed by atoms with Gasteiger partial charge < -0.3 is 14.4 Å². The zero-order chi connectivity index (χ0) is 32.9. The largest absolute Gasteiger partial charge is 0.424 e. The third-order valence-electron chi connectivity index (χ3n) is 10.3. The predicted molar refractivity (Wildman–Crippen MR) is 175 cm³/mol. The number of allylic oxidation sites excluding steroid dienone is 2. The van der Waals surface area contributed by atoms with Crippen molar-refractivity contribution in [3.05, 3.63) is 89.3 Å². The molecule has 0 radical (unpaired) electrons. The molecule has 3 heterocycles. The van der Waals surface area contributed by atoms with Crippen molar-refractivity contribution in [3.8, 4) is 0 Å². The van der Waals surface area contributed by atoms with Gasteiger partial charge in [-0.1, -0.05) is 61.5 Å². The molecule has 0 aromatic heterocycles. The maximum Gasteiger partial charge on any atom is 0.424 e. The summed E-state index contributed by atoms with van der Waals surface area (Å²) in [5, 5.41) is 0. The average Bonchev–Trinajstić information content (AvgIpc) is 3.82. The number of cyclic esters (lactones) is 1. The fraction of sp³-hybridized carbons (Fsp3) is 0.432. The van der Waals surface area contributed by atoms with E-state index in [0.717, 1.165) is 24.0 Å². The number of imide groups is 1. The highest BCUT2D eigenvalue weighted by Gasteiger charge is 2.70. The first-order chi connectivity index (χ1) is 22.8. The Bertz CT molecular complexity index is 1690. The standard InChI is InChI=1S/C37H40N4O6/c1-4-26-27-19-20-28-29(32(43)40(31(28)42)25-15-11-8-12-16-25)30(27)37(21-23-13-9-7-10-14-23)34(38-22-24-17-18-24)47-36(45)41(37)33(26)46-35(44)39(5-2)6-3/h7-16,19,24,28-30H,4-6,17-18,20-22H2,1-3H3/t28-,29-,30+,37+/m1/s1. The smallest absolute Gasteiger partial charge is 0.393 e. The Morgan fingerprint density at radius 1 is 0.979 bits per heavy atom. The molecular weight excluding hydrogens is 596 g/mol. The van der Waals surface area contributed by atoms with Gasteiger partial charge in [0, 0.05) is 37.5 Å². The van der Waals surface area contributed by atoms with Gasteiger partial charge in [0.15, 0.2) is 0 Å². The minimum Gasteiger partial charge on any atom is -0.393 e. The number of rotatable bonds is 9. The van der Waals surface area contributed by atoms with E-state index in [9.17, 15) is 19.2 Å². The van der Waals surface area contributed by atoms with Crippen LogP contribution < -0.4 is 4.90 Å². The first-order valence-corrected chi connectivity index (χ1v) is 16.8. The average molecular weight is 637 g/mol. The molecule has 7 rings (SSSR count). The van der Waals surface area contributed by atoms with Crippen molar-refractivity contribution in [2.45, 2.75) is 58.4 Å². The molecule has 0 bridgehead atoms. The molecule has 0 spiro atoms. The Labute approximate surface area is 274 Å². The number of fused-ring (bicyclic) bond motifs is 5. The van der Waals surface area contributed by atoms with Crippen LogP contribution in [0.3, 0.4) is 0 Å². The van der Waals surface area contributed by atoms with E-state index in [1.807, 2.05) is 63.2 Å². The number of aliphatic imine (C=N–C) groups is 1. The number of hydrogen-bond acceptors (Lipinski definition) is 7. The molecule has 2 aromatic carbocycles. The fourth-order valence-corrected chi connectivity index (χ4v) is 7.86. The van der Waals surface area contributed by atoms with Gasteiger partial charge in [-0.2, -0.15) is 0 Å². The first kappa shape index (κ1) is 30.9. The Kier molecular flexibility index (Phi) is 7.98. The summed E-state index contributed by atoms with van der Waals surface area (Å²) in [7, 11) is 0. The number of nitrogens with zero attached hydrogens (tertiary/aromatic N) is 4. The quantitative estimate of drug-likeness (QED) is 0.308. The zero-order valence-corrected chi connectivity index (χ0v) is 27.1. The van der Waals surface area contributed by atoms with Gasteiger partial charge in [0.25, 0.3) is 0 Å². The second-order valence-corrected chi connectivity index (χ2v) is 12.9. The van der Waals surface area contributed by atoms with Gasteiger partial charge in [-0.3, -0.25) is 19.5 Å². The normalized spacial score (nSPS) is 27.4. The zero-order valence-electron chi connectivity index (χ0n) is 27.1. The van der Waals surface area contributed by atoms with Crippen LogP contribution in [0, 0.1) is 23.7 Å². The minimum atomic E-state index is -1.36. The molecule has 4 amide bonds.